The van der Waals surface area contributed by atoms with Gasteiger partial charge in [-0.05, 0) is 31.7 Å². The lowest BCUT2D eigenvalue weighted by Crippen LogP contribution is -2.36. The van der Waals surface area contributed by atoms with Crippen LogP contribution in [0.5, 0.6) is 0 Å². The maximum atomic E-state index is 5.89. The molecule has 1 saturated heterocycles. The summed E-state index contributed by atoms with van der Waals surface area (Å²) in [5.41, 5.74) is 0. The minimum absolute atomic E-state index is 0.532. The first kappa shape index (κ1) is 13.0. The van der Waals surface area contributed by atoms with Crippen molar-refractivity contribution in [3.63, 3.8) is 0 Å². The molecule has 1 aliphatic heterocycles. The summed E-state index contributed by atoms with van der Waals surface area (Å²) in [6.07, 6.45) is 8.40. The molecule has 0 radical (unpaired) electrons. The fraction of sp³-hybridized carbons (Fsp3) is 1.00. The number of hydrogen-bond donors (Lipinski definition) is 1. The summed E-state index contributed by atoms with van der Waals surface area (Å²) in [6.45, 7) is 7.65. The average molecular weight is 213 g/mol. The molecule has 0 saturated carbocycles. The highest BCUT2D eigenvalue weighted by atomic mass is 16.5. The molecule has 2 atom stereocenters. The van der Waals surface area contributed by atoms with Crippen molar-refractivity contribution in [1.82, 2.24) is 5.32 Å². The summed E-state index contributed by atoms with van der Waals surface area (Å²) in [4.78, 5) is 0. The van der Waals surface area contributed by atoms with Gasteiger partial charge in [-0.2, -0.15) is 0 Å². The monoisotopic (exact) mass is 213 g/mol. The van der Waals surface area contributed by atoms with E-state index in [2.05, 4.69) is 19.2 Å². The zero-order valence-electron chi connectivity index (χ0n) is 10.4. The van der Waals surface area contributed by atoms with Crippen molar-refractivity contribution in [1.29, 1.82) is 0 Å². The van der Waals surface area contributed by atoms with Crippen molar-refractivity contribution in [3.05, 3.63) is 0 Å². The third-order valence-electron chi connectivity index (χ3n) is 3.33. The molecule has 0 amide bonds. The van der Waals surface area contributed by atoms with E-state index < -0.39 is 0 Å². The fourth-order valence-electron chi connectivity index (χ4n) is 2.38. The van der Waals surface area contributed by atoms with Gasteiger partial charge in [0.2, 0.25) is 0 Å². The van der Waals surface area contributed by atoms with Crippen LogP contribution in [0.4, 0.5) is 0 Å². The second-order valence-corrected chi connectivity index (χ2v) is 4.62. The first-order chi connectivity index (χ1) is 7.38. The van der Waals surface area contributed by atoms with Crippen molar-refractivity contribution in [3.8, 4) is 0 Å². The normalized spacial score (nSPS) is 26.8. The Balaban J connectivity index is 2.22. The van der Waals surface area contributed by atoms with Gasteiger partial charge in [-0.3, -0.25) is 0 Å². The van der Waals surface area contributed by atoms with E-state index in [1.54, 1.807) is 0 Å². The van der Waals surface area contributed by atoms with Crippen LogP contribution in [0.25, 0.3) is 0 Å². The van der Waals surface area contributed by atoms with Crippen LogP contribution in [0, 0.1) is 5.92 Å². The van der Waals surface area contributed by atoms with Gasteiger partial charge in [0.25, 0.3) is 0 Å². The molecule has 15 heavy (non-hydrogen) atoms. The van der Waals surface area contributed by atoms with Crippen molar-refractivity contribution in [2.75, 3.05) is 19.7 Å². The third kappa shape index (κ3) is 4.98. The van der Waals surface area contributed by atoms with Crippen LogP contribution in [-0.4, -0.2) is 25.8 Å². The van der Waals surface area contributed by atoms with Gasteiger partial charge in [0, 0.05) is 13.2 Å². The first-order valence-electron chi connectivity index (χ1n) is 6.70. The Kier molecular flexibility index (Phi) is 7.03. The number of nitrogens with one attached hydrogen (secondary N) is 1. The summed E-state index contributed by atoms with van der Waals surface area (Å²) in [6, 6.07) is 0. The summed E-state index contributed by atoms with van der Waals surface area (Å²) in [5, 5.41) is 3.46. The van der Waals surface area contributed by atoms with Gasteiger partial charge >= 0.3 is 0 Å². The van der Waals surface area contributed by atoms with Crippen molar-refractivity contribution in [2.45, 2.75) is 58.5 Å². The Labute approximate surface area is 94.8 Å². The molecule has 2 unspecified atom stereocenters. The van der Waals surface area contributed by atoms with E-state index in [0.717, 1.165) is 25.6 Å². The van der Waals surface area contributed by atoms with Crippen molar-refractivity contribution in [2.24, 2.45) is 5.92 Å². The molecule has 1 N–H and O–H groups in total. The van der Waals surface area contributed by atoms with Crippen LogP contribution < -0.4 is 5.32 Å². The zero-order valence-corrected chi connectivity index (χ0v) is 10.4. The highest BCUT2D eigenvalue weighted by Crippen LogP contribution is 2.24. The molecule has 0 aromatic rings. The highest BCUT2D eigenvalue weighted by molar-refractivity contribution is 4.76. The van der Waals surface area contributed by atoms with E-state index in [-0.39, 0.29) is 0 Å². The fourth-order valence-corrected chi connectivity index (χ4v) is 2.38. The minimum atomic E-state index is 0.532. The number of hydrogen-bond acceptors (Lipinski definition) is 2. The molecule has 0 aromatic carbocycles. The minimum Gasteiger partial charge on any atom is -0.378 e. The van der Waals surface area contributed by atoms with Crippen LogP contribution in [-0.2, 0) is 4.74 Å². The quantitative estimate of drug-likeness (QED) is 0.656. The molecular weight excluding hydrogens is 186 g/mol. The summed E-state index contributed by atoms with van der Waals surface area (Å²) >= 11 is 0. The Bertz CT molecular complexity index is 149. The van der Waals surface area contributed by atoms with Crippen LogP contribution in [0.2, 0.25) is 0 Å². The third-order valence-corrected chi connectivity index (χ3v) is 3.33. The molecule has 0 aliphatic carbocycles. The second kappa shape index (κ2) is 8.12. The number of unbranched alkanes of at least 4 members (excludes halogenated alkanes) is 2. The van der Waals surface area contributed by atoms with Gasteiger partial charge in [-0.1, -0.05) is 33.1 Å². The van der Waals surface area contributed by atoms with Crippen molar-refractivity contribution >= 4 is 0 Å². The molecule has 1 aliphatic rings. The van der Waals surface area contributed by atoms with Crippen LogP contribution in [0.3, 0.4) is 0 Å². The Hall–Kier alpha value is -0.0800. The summed E-state index contributed by atoms with van der Waals surface area (Å²) < 4.78 is 5.89. The molecule has 1 rings (SSSR count). The Morgan fingerprint density at radius 1 is 1.27 bits per heavy atom. The summed E-state index contributed by atoms with van der Waals surface area (Å²) in [5.74, 6) is 0.760. The standard InChI is InChI=1S/C13H27NO/c1-3-5-6-9-13-12(11-14-4-2)8-7-10-15-13/h12-14H,3-11H2,1-2H3. The molecular formula is C13H27NO. The average Bonchev–Trinajstić information content (AvgIpc) is 2.28. The molecule has 2 heteroatoms. The number of rotatable bonds is 7. The molecule has 1 fully saturated rings. The van der Waals surface area contributed by atoms with E-state index in [1.165, 1.54) is 38.5 Å². The van der Waals surface area contributed by atoms with Crippen LogP contribution >= 0.6 is 0 Å². The lowest BCUT2D eigenvalue weighted by molar-refractivity contribution is -0.0311. The first-order valence-corrected chi connectivity index (χ1v) is 6.70. The topological polar surface area (TPSA) is 21.3 Å². The maximum absolute atomic E-state index is 5.89. The smallest absolute Gasteiger partial charge is 0.0615 e. The Morgan fingerprint density at radius 3 is 2.87 bits per heavy atom. The lowest BCUT2D eigenvalue weighted by Gasteiger charge is -2.32. The molecule has 90 valence electrons. The van der Waals surface area contributed by atoms with Gasteiger partial charge in [0.1, 0.15) is 0 Å². The van der Waals surface area contributed by atoms with Gasteiger partial charge in [-0.15, -0.1) is 0 Å². The predicted molar refractivity (Wildman–Crippen MR) is 65.1 cm³/mol. The molecule has 0 spiro atoms. The largest absolute Gasteiger partial charge is 0.378 e. The molecule has 0 bridgehead atoms. The van der Waals surface area contributed by atoms with E-state index >= 15 is 0 Å². The van der Waals surface area contributed by atoms with Gasteiger partial charge in [-0.25, -0.2) is 0 Å². The summed E-state index contributed by atoms with van der Waals surface area (Å²) in [7, 11) is 0. The van der Waals surface area contributed by atoms with E-state index in [9.17, 15) is 0 Å². The van der Waals surface area contributed by atoms with E-state index in [4.69, 9.17) is 4.74 Å². The van der Waals surface area contributed by atoms with Gasteiger partial charge in [0.15, 0.2) is 0 Å². The Morgan fingerprint density at radius 2 is 2.13 bits per heavy atom. The van der Waals surface area contributed by atoms with Gasteiger partial charge in [0.05, 0.1) is 6.10 Å². The maximum Gasteiger partial charge on any atom is 0.0615 e. The molecule has 0 aromatic heterocycles. The van der Waals surface area contributed by atoms with E-state index in [0.29, 0.717) is 6.10 Å². The number of ether oxygens (including phenoxy) is 1. The zero-order chi connectivity index (χ0) is 10.9. The SMILES string of the molecule is CCCCCC1OCCCC1CNCC. The predicted octanol–water partition coefficient (Wildman–Crippen LogP) is 2.97. The molecule has 2 nitrogen and oxygen atoms in total. The second-order valence-electron chi connectivity index (χ2n) is 4.62. The lowest BCUT2D eigenvalue weighted by atomic mass is 9.90. The van der Waals surface area contributed by atoms with Crippen molar-refractivity contribution < 1.29 is 4.74 Å². The van der Waals surface area contributed by atoms with Crippen LogP contribution in [0.1, 0.15) is 52.4 Å². The van der Waals surface area contributed by atoms with Crippen LogP contribution in [0.15, 0.2) is 0 Å². The molecule has 1 heterocycles. The van der Waals surface area contributed by atoms with Gasteiger partial charge < -0.3 is 10.1 Å². The highest BCUT2D eigenvalue weighted by Gasteiger charge is 2.24. The van der Waals surface area contributed by atoms with E-state index in [1.807, 2.05) is 0 Å².